The van der Waals surface area contributed by atoms with Crippen molar-refractivity contribution in [2.24, 2.45) is 23.7 Å². The average molecular weight is 613 g/mol. The molecule has 244 valence electrons. The zero-order valence-corrected chi connectivity index (χ0v) is 27.8. The van der Waals surface area contributed by atoms with Crippen molar-refractivity contribution in [3.63, 3.8) is 0 Å². The third-order valence-corrected chi connectivity index (χ3v) is 9.16. The van der Waals surface area contributed by atoms with E-state index in [2.05, 4.69) is 21.3 Å². The van der Waals surface area contributed by atoms with Crippen LogP contribution in [0.5, 0.6) is 0 Å². The minimum absolute atomic E-state index is 0.0686. The molecular weight excluding hydrogens is 560 g/mol. The van der Waals surface area contributed by atoms with Crippen LogP contribution in [0.15, 0.2) is 30.3 Å². The Hall–Kier alpha value is -3.69. The largest absolute Gasteiger partial charge is 0.467 e. The van der Waals surface area contributed by atoms with Gasteiger partial charge in [-0.2, -0.15) is 0 Å². The molecule has 0 fully saturated rings. The van der Waals surface area contributed by atoms with Crippen molar-refractivity contribution in [1.82, 2.24) is 21.3 Å². The van der Waals surface area contributed by atoms with Crippen LogP contribution in [0.4, 0.5) is 0 Å². The molecular formula is C34H52N4O6. The quantitative estimate of drug-likeness (QED) is 0.174. The standard InChI is InChI=1S/C34H52N4O6/c1-10-19(5)27-25(23-16-14-15-17-24(23)31(40)36-27)18-26(39)35-28(20(6)11-2)32(41)37-29(21(7)12-3)33(42)38-30(22(8)13-4)34(43)44-9/h14-22,27-30H,10-13H2,1-9H3,(H,35,39)(H,36,40)(H,37,41)(H,38,42). The monoisotopic (exact) mass is 612 g/mol. The van der Waals surface area contributed by atoms with Crippen molar-refractivity contribution in [3.8, 4) is 0 Å². The van der Waals surface area contributed by atoms with Gasteiger partial charge in [0.25, 0.3) is 5.91 Å². The van der Waals surface area contributed by atoms with Gasteiger partial charge in [0.15, 0.2) is 0 Å². The van der Waals surface area contributed by atoms with Gasteiger partial charge in [0, 0.05) is 11.6 Å². The van der Waals surface area contributed by atoms with E-state index in [4.69, 9.17) is 4.74 Å². The molecule has 10 nitrogen and oxygen atoms in total. The average Bonchev–Trinajstić information content (AvgIpc) is 3.03. The normalized spacial score (nSPS) is 20.1. The number of ether oxygens (including phenoxy) is 1. The summed E-state index contributed by atoms with van der Waals surface area (Å²) in [6, 6.07) is 4.10. The van der Waals surface area contributed by atoms with Gasteiger partial charge in [0.1, 0.15) is 18.1 Å². The maximum absolute atomic E-state index is 13.8. The highest BCUT2D eigenvalue weighted by Gasteiger charge is 2.36. The Balaban J connectivity index is 2.38. The molecule has 44 heavy (non-hydrogen) atoms. The molecule has 1 aliphatic rings. The van der Waals surface area contributed by atoms with E-state index in [1.807, 2.05) is 67.5 Å². The molecule has 4 amide bonds. The van der Waals surface area contributed by atoms with Gasteiger partial charge in [-0.25, -0.2) is 4.79 Å². The van der Waals surface area contributed by atoms with Gasteiger partial charge in [0.2, 0.25) is 17.7 Å². The first kappa shape index (κ1) is 36.5. The number of hydrogen-bond donors (Lipinski definition) is 4. The Morgan fingerprint density at radius 1 is 0.773 bits per heavy atom. The first-order valence-electron chi connectivity index (χ1n) is 16.0. The Morgan fingerprint density at radius 3 is 1.75 bits per heavy atom. The van der Waals surface area contributed by atoms with E-state index in [1.165, 1.54) is 13.2 Å². The second-order valence-electron chi connectivity index (χ2n) is 12.1. The van der Waals surface area contributed by atoms with Crippen molar-refractivity contribution in [2.75, 3.05) is 7.11 Å². The Morgan fingerprint density at radius 2 is 1.25 bits per heavy atom. The second-order valence-corrected chi connectivity index (χ2v) is 12.1. The fourth-order valence-corrected chi connectivity index (χ4v) is 5.27. The van der Waals surface area contributed by atoms with Gasteiger partial charge < -0.3 is 26.0 Å². The number of amides is 4. The smallest absolute Gasteiger partial charge is 0.328 e. The van der Waals surface area contributed by atoms with Crippen molar-refractivity contribution in [1.29, 1.82) is 0 Å². The van der Waals surface area contributed by atoms with Crippen LogP contribution in [0.3, 0.4) is 0 Å². The van der Waals surface area contributed by atoms with Crippen molar-refractivity contribution in [3.05, 3.63) is 41.5 Å². The van der Waals surface area contributed by atoms with E-state index in [9.17, 15) is 24.0 Å². The Kier molecular flexibility index (Phi) is 14.1. The topological polar surface area (TPSA) is 143 Å². The molecule has 0 saturated carbocycles. The van der Waals surface area contributed by atoms with Crippen LogP contribution < -0.4 is 21.3 Å². The summed E-state index contributed by atoms with van der Waals surface area (Å²) in [5.41, 5.74) is 1.87. The van der Waals surface area contributed by atoms with E-state index >= 15 is 0 Å². The first-order chi connectivity index (χ1) is 20.8. The van der Waals surface area contributed by atoms with E-state index < -0.39 is 41.8 Å². The van der Waals surface area contributed by atoms with E-state index in [0.717, 1.165) is 6.42 Å². The highest BCUT2D eigenvalue weighted by Crippen LogP contribution is 2.31. The van der Waals surface area contributed by atoms with Crippen LogP contribution in [0, 0.1) is 23.7 Å². The summed E-state index contributed by atoms with van der Waals surface area (Å²) in [4.78, 5) is 66.0. The molecule has 4 N–H and O–H groups in total. The molecule has 0 bridgehead atoms. The van der Waals surface area contributed by atoms with E-state index in [1.54, 1.807) is 12.1 Å². The van der Waals surface area contributed by atoms with Crippen molar-refractivity contribution >= 4 is 35.2 Å². The Labute approximate surface area is 262 Å². The lowest BCUT2D eigenvalue weighted by molar-refractivity contribution is -0.147. The zero-order valence-electron chi connectivity index (χ0n) is 27.8. The minimum atomic E-state index is -0.930. The highest BCUT2D eigenvalue weighted by atomic mass is 16.5. The second kappa shape index (κ2) is 17.0. The predicted octanol–water partition coefficient (Wildman–Crippen LogP) is 3.99. The van der Waals surface area contributed by atoms with Crippen LogP contribution in [0.25, 0.3) is 5.57 Å². The Bertz CT molecular complexity index is 1210. The number of rotatable bonds is 15. The van der Waals surface area contributed by atoms with Crippen molar-refractivity contribution < 1.29 is 28.7 Å². The summed E-state index contributed by atoms with van der Waals surface area (Å²) in [6.07, 6.45) is 4.10. The summed E-state index contributed by atoms with van der Waals surface area (Å²) in [6.45, 7) is 15.4. The van der Waals surface area contributed by atoms with Gasteiger partial charge >= 0.3 is 5.97 Å². The van der Waals surface area contributed by atoms with Crippen LogP contribution >= 0.6 is 0 Å². The lowest BCUT2D eigenvalue weighted by Crippen LogP contribution is -2.59. The fraction of sp³-hybridized carbons (Fsp3) is 0.618. The lowest BCUT2D eigenvalue weighted by atomic mass is 9.82. The van der Waals surface area contributed by atoms with Gasteiger partial charge in [0.05, 0.1) is 13.2 Å². The number of methoxy groups -OCH3 is 1. The third kappa shape index (κ3) is 8.92. The van der Waals surface area contributed by atoms with Crippen molar-refractivity contribution in [2.45, 2.75) is 105 Å². The van der Waals surface area contributed by atoms with E-state index in [-0.39, 0.29) is 35.6 Å². The van der Waals surface area contributed by atoms with Gasteiger partial charge in [-0.1, -0.05) is 99.3 Å². The fourth-order valence-electron chi connectivity index (χ4n) is 5.27. The third-order valence-electron chi connectivity index (χ3n) is 9.16. The molecule has 2 rings (SSSR count). The summed E-state index contributed by atoms with van der Waals surface area (Å²) < 4.78 is 4.91. The molecule has 1 aliphatic heterocycles. The predicted molar refractivity (Wildman–Crippen MR) is 171 cm³/mol. The summed E-state index contributed by atoms with van der Waals surface area (Å²) in [5.74, 6) is -2.76. The van der Waals surface area contributed by atoms with Gasteiger partial charge in [-0.15, -0.1) is 0 Å². The number of hydrogen-bond acceptors (Lipinski definition) is 6. The summed E-state index contributed by atoms with van der Waals surface area (Å²) >= 11 is 0. The molecule has 10 heteroatoms. The number of benzene rings is 1. The molecule has 8 atom stereocenters. The molecule has 1 heterocycles. The number of carbonyl (C=O) groups is 5. The van der Waals surface area contributed by atoms with Crippen LogP contribution in [-0.2, 0) is 23.9 Å². The first-order valence-corrected chi connectivity index (χ1v) is 16.0. The molecule has 8 unspecified atom stereocenters. The number of esters is 1. The molecule has 0 radical (unpaired) electrons. The lowest BCUT2D eigenvalue weighted by Gasteiger charge is -2.33. The maximum Gasteiger partial charge on any atom is 0.328 e. The molecule has 1 aromatic rings. The van der Waals surface area contributed by atoms with E-state index in [0.29, 0.717) is 36.0 Å². The molecule has 0 spiro atoms. The summed E-state index contributed by atoms with van der Waals surface area (Å²) in [5, 5.41) is 11.6. The van der Waals surface area contributed by atoms with Gasteiger partial charge in [-0.3, -0.25) is 19.2 Å². The summed E-state index contributed by atoms with van der Waals surface area (Å²) in [7, 11) is 1.28. The van der Waals surface area contributed by atoms with Crippen LogP contribution in [-0.4, -0.2) is 60.9 Å². The number of carbonyl (C=O) groups excluding carboxylic acids is 5. The van der Waals surface area contributed by atoms with Crippen LogP contribution in [0.1, 0.15) is 97.0 Å². The molecule has 0 saturated heterocycles. The zero-order chi connectivity index (χ0) is 33.1. The molecule has 1 aromatic carbocycles. The minimum Gasteiger partial charge on any atom is -0.467 e. The maximum atomic E-state index is 13.8. The number of fused-ring (bicyclic) bond motifs is 1. The van der Waals surface area contributed by atoms with Crippen LogP contribution in [0.2, 0.25) is 0 Å². The van der Waals surface area contributed by atoms with Gasteiger partial charge in [-0.05, 0) is 40.9 Å². The SMILES string of the molecule is CCC(C)C(NC(=O)C=C1c2ccccc2C(=O)NC1C(C)CC)C(=O)NC(C(=O)NC(C(=O)OC)C(C)CC)C(C)CC. The molecule has 0 aromatic heterocycles. The number of nitrogens with one attached hydrogen (secondary N) is 4. The highest BCUT2D eigenvalue weighted by molar-refractivity contribution is 6.07. The molecule has 0 aliphatic carbocycles.